The van der Waals surface area contributed by atoms with Crippen molar-refractivity contribution in [1.82, 2.24) is 5.32 Å². The molecule has 1 heterocycles. The first-order chi connectivity index (χ1) is 8.43. The summed E-state index contributed by atoms with van der Waals surface area (Å²) in [7, 11) is 1.36. The smallest absolute Gasteiger partial charge is 0.399 e. The van der Waals surface area contributed by atoms with Crippen LogP contribution in [0.15, 0.2) is 16.6 Å². The molecule has 1 N–H and O–H groups in total. The summed E-state index contributed by atoms with van der Waals surface area (Å²) in [5.41, 5.74) is 1.20. The molecule has 0 saturated heterocycles. The molecule has 0 radical (unpaired) electrons. The first-order valence-corrected chi connectivity index (χ1v) is 5.87. The Labute approximate surface area is 104 Å². The first-order valence-electron chi connectivity index (χ1n) is 4.99. The van der Waals surface area contributed by atoms with Gasteiger partial charge in [0.05, 0.1) is 16.6 Å². The summed E-state index contributed by atoms with van der Waals surface area (Å²) < 4.78 is 36.6. The van der Waals surface area contributed by atoms with Gasteiger partial charge in [-0.15, -0.1) is 11.3 Å². The Kier molecular flexibility index (Phi) is 3.29. The van der Waals surface area contributed by atoms with E-state index in [-0.39, 0.29) is 6.42 Å². The Hall–Kier alpha value is -1.57. The number of nitrogens with one attached hydrogen (secondary N) is 1. The molecule has 18 heavy (non-hydrogen) atoms. The van der Waals surface area contributed by atoms with Crippen LogP contribution in [-0.4, -0.2) is 24.9 Å². The van der Waals surface area contributed by atoms with E-state index in [0.29, 0.717) is 11.3 Å². The number of carbonyl (C=O) groups is 1. The molecule has 0 bridgehead atoms. The van der Waals surface area contributed by atoms with Crippen LogP contribution in [0.1, 0.15) is 22.9 Å². The maximum Gasteiger partial charge on any atom is 0.471 e. The normalized spacial score (nSPS) is 20.9. The fourth-order valence-corrected chi connectivity index (χ4v) is 2.74. The van der Waals surface area contributed by atoms with Gasteiger partial charge < -0.3 is 10.2 Å². The van der Waals surface area contributed by atoms with Gasteiger partial charge >= 0.3 is 12.1 Å². The molecule has 1 aromatic heterocycles. The minimum atomic E-state index is -4.88. The van der Waals surface area contributed by atoms with Gasteiger partial charge in [-0.3, -0.25) is 4.79 Å². The second kappa shape index (κ2) is 4.60. The van der Waals surface area contributed by atoms with E-state index in [1.54, 1.807) is 11.4 Å². The van der Waals surface area contributed by atoms with E-state index in [1.165, 1.54) is 18.4 Å². The van der Waals surface area contributed by atoms with Crippen molar-refractivity contribution in [3.05, 3.63) is 21.9 Å². The SMILES string of the molecule is CO/N=C1/C[C@@H](NC(=O)C(F)(F)F)c2ccsc21. The number of thiophene rings is 1. The van der Waals surface area contributed by atoms with Crippen molar-refractivity contribution >= 4 is 23.0 Å². The summed E-state index contributed by atoms with van der Waals surface area (Å²) in [5.74, 6) is -1.94. The average Bonchev–Trinajstić information content (AvgIpc) is 2.83. The number of alkyl halides is 3. The second-order valence-electron chi connectivity index (χ2n) is 3.65. The highest BCUT2D eigenvalue weighted by atomic mass is 32.1. The van der Waals surface area contributed by atoms with Gasteiger partial charge in [0.2, 0.25) is 0 Å². The summed E-state index contributed by atoms with van der Waals surface area (Å²) in [4.78, 5) is 16.3. The number of nitrogens with zero attached hydrogens (tertiary/aromatic N) is 1. The van der Waals surface area contributed by atoms with Gasteiger partial charge in [-0.1, -0.05) is 5.16 Å². The Morgan fingerprint density at radius 1 is 1.61 bits per heavy atom. The van der Waals surface area contributed by atoms with Crippen LogP contribution in [0.2, 0.25) is 0 Å². The molecule has 2 rings (SSSR count). The standard InChI is InChI=1S/C10H9F3N2O2S/c1-17-15-7-4-6(5-2-3-18-8(5)7)14-9(16)10(11,12)13/h2-3,6H,4H2,1H3,(H,14,16)/b15-7-/t6-/m1/s1. The summed E-state index contributed by atoms with van der Waals surface area (Å²) in [6, 6.07) is 0.980. The molecule has 1 atom stereocenters. The molecule has 0 aromatic carbocycles. The Balaban J connectivity index is 2.19. The number of amides is 1. The van der Waals surface area contributed by atoms with Gasteiger partial charge in [0.15, 0.2) is 0 Å². The summed E-state index contributed by atoms with van der Waals surface area (Å²) in [6.07, 6.45) is -4.67. The van der Waals surface area contributed by atoms with Crippen molar-refractivity contribution < 1.29 is 22.8 Å². The van der Waals surface area contributed by atoms with E-state index >= 15 is 0 Å². The van der Waals surface area contributed by atoms with Crippen molar-refractivity contribution in [2.75, 3.05) is 7.11 Å². The van der Waals surface area contributed by atoms with E-state index < -0.39 is 18.1 Å². The number of rotatable bonds is 2. The topological polar surface area (TPSA) is 50.7 Å². The molecule has 1 aliphatic carbocycles. The van der Waals surface area contributed by atoms with E-state index in [1.807, 2.05) is 5.32 Å². The highest BCUT2D eigenvalue weighted by Gasteiger charge is 2.42. The number of fused-ring (bicyclic) bond motifs is 1. The van der Waals surface area contributed by atoms with Crippen molar-refractivity contribution in [2.24, 2.45) is 5.16 Å². The fourth-order valence-electron chi connectivity index (χ4n) is 1.78. The minimum Gasteiger partial charge on any atom is -0.399 e. The number of hydrogen-bond donors (Lipinski definition) is 1. The summed E-state index contributed by atoms with van der Waals surface area (Å²) >= 11 is 1.36. The summed E-state index contributed by atoms with van der Waals surface area (Å²) in [6.45, 7) is 0. The van der Waals surface area contributed by atoms with E-state index in [9.17, 15) is 18.0 Å². The molecule has 8 heteroatoms. The molecular formula is C10H9F3N2O2S. The van der Waals surface area contributed by atoms with Crippen LogP contribution < -0.4 is 5.32 Å². The number of halogens is 3. The third-order valence-corrected chi connectivity index (χ3v) is 3.47. The van der Waals surface area contributed by atoms with Gasteiger partial charge in [0.25, 0.3) is 0 Å². The van der Waals surface area contributed by atoms with Gasteiger partial charge in [0, 0.05) is 6.42 Å². The van der Waals surface area contributed by atoms with Crippen LogP contribution >= 0.6 is 11.3 Å². The first kappa shape index (κ1) is 12.9. The van der Waals surface area contributed by atoms with Crippen LogP contribution in [-0.2, 0) is 9.63 Å². The molecule has 1 aromatic rings. The molecule has 4 nitrogen and oxygen atoms in total. The minimum absolute atomic E-state index is 0.206. The van der Waals surface area contributed by atoms with Crippen LogP contribution in [0, 0.1) is 0 Å². The van der Waals surface area contributed by atoms with Crippen LogP contribution in [0.3, 0.4) is 0 Å². The predicted molar refractivity (Wildman–Crippen MR) is 59.4 cm³/mol. The Morgan fingerprint density at radius 2 is 2.33 bits per heavy atom. The van der Waals surface area contributed by atoms with Crippen LogP contribution in [0.25, 0.3) is 0 Å². The number of carbonyl (C=O) groups excluding carboxylic acids is 1. The second-order valence-corrected chi connectivity index (χ2v) is 4.57. The fraction of sp³-hybridized carbons (Fsp3) is 0.400. The molecule has 0 spiro atoms. The highest BCUT2D eigenvalue weighted by molar-refractivity contribution is 7.12. The Bertz CT molecular complexity index is 496. The maximum atomic E-state index is 12.2. The highest BCUT2D eigenvalue weighted by Crippen LogP contribution is 2.36. The van der Waals surface area contributed by atoms with Crippen molar-refractivity contribution in [3.8, 4) is 0 Å². The molecule has 0 fully saturated rings. The lowest BCUT2D eigenvalue weighted by Gasteiger charge is -2.13. The average molecular weight is 278 g/mol. The lowest BCUT2D eigenvalue weighted by Crippen LogP contribution is -2.38. The third-order valence-electron chi connectivity index (χ3n) is 2.49. The largest absolute Gasteiger partial charge is 0.471 e. The van der Waals surface area contributed by atoms with Crippen molar-refractivity contribution in [2.45, 2.75) is 18.6 Å². The van der Waals surface area contributed by atoms with E-state index in [4.69, 9.17) is 0 Å². The van der Waals surface area contributed by atoms with Crippen molar-refractivity contribution in [3.63, 3.8) is 0 Å². The zero-order valence-corrected chi connectivity index (χ0v) is 10.1. The third kappa shape index (κ3) is 2.33. The molecule has 1 aliphatic rings. The van der Waals surface area contributed by atoms with Crippen LogP contribution in [0.4, 0.5) is 13.2 Å². The van der Waals surface area contributed by atoms with Gasteiger partial charge in [-0.2, -0.15) is 13.2 Å². The van der Waals surface area contributed by atoms with E-state index in [2.05, 4.69) is 9.99 Å². The lowest BCUT2D eigenvalue weighted by molar-refractivity contribution is -0.174. The molecule has 0 unspecified atom stereocenters. The Morgan fingerprint density at radius 3 is 2.94 bits per heavy atom. The zero-order valence-electron chi connectivity index (χ0n) is 9.25. The van der Waals surface area contributed by atoms with E-state index in [0.717, 1.165) is 4.88 Å². The lowest BCUT2D eigenvalue weighted by atomic mass is 10.2. The van der Waals surface area contributed by atoms with Gasteiger partial charge in [0.1, 0.15) is 7.11 Å². The monoisotopic (exact) mass is 278 g/mol. The summed E-state index contributed by atoms with van der Waals surface area (Å²) in [5, 5.41) is 7.45. The molecule has 0 aliphatic heterocycles. The van der Waals surface area contributed by atoms with Gasteiger partial charge in [-0.25, -0.2) is 0 Å². The zero-order chi connectivity index (χ0) is 13.3. The molecule has 98 valence electrons. The maximum absolute atomic E-state index is 12.2. The number of hydrogen-bond acceptors (Lipinski definition) is 4. The van der Waals surface area contributed by atoms with Gasteiger partial charge in [-0.05, 0) is 17.0 Å². The number of oxime groups is 1. The quantitative estimate of drug-likeness (QED) is 0.843. The predicted octanol–water partition coefficient (Wildman–Crippen LogP) is 2.22. The van der Waals surface area contributed by atoms with Crippen LogP contribution in [0.5, 0.6) is 0 Å². The molecule has 0 saturated carbocycles. The molecule has 1 amide bonds. The molecular weight excluding hydrogens is 269 g/mol. The van der Waals surface area contributed by atoms with Crippen molar-refractivity contribution in [1.29, 1.82) is 0 Å².